The number of piperazine rings is 1. The second-order valence-electron chi connectivity index (χ2n) is 7.57. The van der Waals surface area contributed by atoms with E-state index in [1.807, 2.05) is 18.3 Å². The lowest BCUT2D eigenvalue weighted by Gasteiger charge is -2.35. The van der Waals surface area contributed by atoms with E-state index in [2.05, 4.69) is 20.9 Å². The summed E-state index contributed by atoms with van der Waals surface area (Å²) in [7, 11) is 0. The molecule has 0 bridgehead atoms. The second-order valence-corrected chi connectivity index (χ2v) is 7.57. The minimum atomic E-state index is -2.50. The quantitative estimate of drug-likeness (QED) is 0.704. The van der Waals surface area contributed by atoms with E-state index < -0.39 is 6.98 Å². The highest BCUT2D eigenvalue weighted by atomic mass is 16.5. The van der Waals surface area contributed by atoms with Gasteiger partial charge in [0.2, 0.25) is 5.91 Å². The van der Waals surface area contributed by atoms with Crippen molar-refractivity contribution in [3.05, 3.63) is 42.2 Å². The topological polar surface area (TPSA) is 66.0 Å². The van der Waals surface area contributed by atoms with Crippen molar-refractivity contribution in [3.63, 3.8) is 0 Å². The third-order valence-electron chi connectivity index (χ3n) is 5.63. The van der Waals surface area contributed by atoms with Crippen molar-refractivity contribution < 1.29 is 18.4 Å². The summed E-state index contributed by atoms with van der Waals surface area (Å²) in [6, 6.07) is 7.59. The molecule has 3 heterocycles. The minimum absolute atomic E-state index is 0.184. The van der Waals surface area contributed by atoms with Gasteiger partial charge in [0.1, 0.15) is 0 Å². The van der Waals surface area contributed by atoms with Crippen molar-refractivity contribution >= 4 is 23.3 Å². The predicted molar refractivity (Wildman–Crippen MR) is 117 cm³/mol. The molecular weight excluding hydrogens is 380 g/mol. The summed E-state index contributed by atoms with van der Waals surface area (Å²) in [4.78, 5) is 33.6. The Bertz CT molecular complexity index is 1040. The summed E-state index contributed by atoms with van der Waals surface area (Å²) in [5.74, 6) is -0.568. The Morgan fingerprint density at radius 1 is 1.13 bits per heavy atom. The Balaban J connectivity index is 1.49. The zero-order valence-corrected chi connectivity index (χ0v) is 17.1. The number of aryl methyl sites for hydroxylation is 1. The number of amides is 1. The molecule has 0 unspecified atom stereocenters. The molecule has 7 heteroatoms. The predicted octanol–water partition coefficient (Wildman–Crippen LogP) is 2.34. The maximum atomic E-state index is 12.2. The number of hydrogen-bond acceptors (Lipinski definition) is 6. The normalized spacial score (nSPS) is 19.0. The van der Waals surface area contributed by atoms with Crippen molar-refractivity contribution in [3.8, 4) is 11.1 Å². The summed E-state index contributed by atoms with van der Waals surface area (Å²) in [5.41, 5.74) is 4.17. The van der Waals surface area contributed by atoms with Gasteiger partial charge in [-0.25, -0.2) is 0 Å². The van der Waals surface area contributed by atoms with Crippen LogP contribution in [0, 0.1) is 0 Å². The molecular formula is C23H28N4O3. The molecule has 0 radical (unpaired) electrons. The van der Waals surface area contributed by atoms with E-state index in [-0.39, 0.29) is 18.3 Å². The molecule has 1 fully saturated rings. The SMILES string of the molecule is [2H]C([2H])([2H])N1C(=O)CCc2cc(-c3cncc(N4CCN(CC(=O)OCC)CC4)c3)ccc21. The summed E-state index contributed by atoms with van der Waals surface area (Å²) in [6.07, 6.45) is 4.32. The van der Waals surface area contributed by atoms with Gasteiger partial charge in [-0.2, -0.15) is 0 Å². The zero-order chi connectivity index (χ0) is 23.6. The second kappa shape index (κ2) is 8.83. The van der Waals surface area contributed by atoms with Gasteiger partial charge in [0.05, 0.1) is 25.0 Å². The van der Waals surface area contributed by atoms with Crippen LogP contribution >= 0.6 is 0 Å². The molecule has 1 amide bonds. The van der Waals surface area contributed by atoms with Crippen molar-refractivity contribution in [2.45, 2.75) is 19.8 Å². The number of hydrogen-bond donors (Lipinski definition) is 0. The number of nitrogens with zero attached hydrogens (tertiary/aromatic N) is 4. The number of ether oxygens (including phenoxy) is 1. The third kappa shape index (κ3) is 4.31. The van der Waals surface area contributed by atoms with Crippen molar-refractivity contribution in [2.24, 2.45) is 0 Å². The number of carbonyl (C=O) groups excluding carboxylic acids is 2. The van der Waals surface area contributed by atoms with Gasteiger partial charge in [-0.05, 0) is 42.7 Å². The lowest BCUT2D eigenvalue weighted by atomic mass is 9.96. The van der Waals surface area contributed by atoms with Crippen LogP contribution in [0.5, 0.6) is 0 Å². The number of benzene rings is 1. The Morgan fingerprint density at radius 3 is 2.73 bits per heavy atom. The van der Waals surface area contributed by atoms with Crippen LogP contribution in [0.15, 0.2) is 36.7 Å². The van der Waals surface area contributed by atoms with Gasteiger partial charge in [-0.3, -0.25) is 19.5 Å². The highest BCUT2D eigenvalue weighted by Gasteiger charge is 2.22. The van der Waals surface area contributed by atoms with E-state index in [4.69, 9.17) is 8.85 Å². The fourth-order valence-electron chi connectivity index (χ4n) is 3.98. The molecule has 1 aromatic carbocycles. The standard InChI is InChI=1S/C23H28N4O3/c1-3-30-23(29)16-26-8-10-27(11-9-26)20-13-19(14-24-15-20)17-4-6-21-18(12-17)5-7-22(28)25(21)2/h4,6,12-15H,3,5,7-11,16H2,1-2H3/i2D3. The average Bonchev–Trinajstić information content (AvgIpc) is 2.78. The van der Waals surface area contributed by atoms with Crippen molar-refractivity contribution in [2.75, 3.05) is 56.1 Å². The smallest absolute Gasteiger partial charge is 0.320 e. The fourth-order valence-corrected chi connectivity index (χ4v) is 3.98. The number of rotatable bonds is 5. The van der Waals surface area contributed by atoms with E-state index in [0.717, 1.165) is 53.5 Å². The molecule has 158 valence electrons. The highest BCUT2D eigenvalue weighted by Crippen LogP contribution is 2.32. The first-order valence-corrected chi connectivity index (χ1v) is 10.3. The number of fused-ring (bicyclic) bond motifs is 1. The summed E-state index contributed by atoms with van der Waals surface area (Å²) < 4.78 is 28.2. The summed E-state index contributed by atoms with van der Waals surface area (Å²) in [5, 5.41) is 0. The number of carbonyl (C=O) groups is 2. The van der Waals surface area contributed by atoms with E-state index in [9.17, 15) is 9.59 Å². The summed E-state index contributed by atoms with van der Waals surface area (Å²) >= 11 is 0. The van der Waals surface area contributed by atoms with Crippen LogP contribution in [0.25, 0.3) is 11.1 Å². The molecule has 1 saturated heterocycles. The lowest BCUT2D eigenvalue weighted by molar-refractivity contribution is -0.144. The van der Waals surface area contributed by atoms with Gasteiger partial charge in [0, 0.05) is 61.1 Å². The summed E-state index contributed by atoms with van der Waals surface area (Å²) in [6.45, 7) is 3.11. The fraction of sp³-hybridized carbons (Fsp3) is 0.435. The molecule has 0 aliphatic carbocycles. The molecule has 2 aromatic rings. The van der Waals surface area contributed by atoms with Crippen LogP contribution in [0.4, 0.5) is 11.4 Å². The molecule has 2 aliphatic rings. The van der Waals surface area contributed by atoms with E-state index in [1.54, 1.807) is 19.2 Å². The van der Waals surface area contributed by atoms with Crippen LogP contribution in [0.1, 0.15) is 23.0 Å². The molecule has 7 nitrogen and oxygen atoms in total. The van der Waals surface area contributed by atoms with Gasteiger partial charge in [-0.15, -0.1) is 0 Å². The Hall–Kier alpha value is -2.93. The largest absolute Gasteiger partial charge is 0.465 e. The molecule has 0 spiro atoms. The number of esters is 1. The molecule has 1 aromatic heterocycles. The minimum Gasteiger partial charge on any atom is -0.465 e. The molecule has 0 N–H and O–H groups in total. The van der Waals surface area contributed by atoms with Gasteiger partial charge in [0.15, 0.2) is 0 Å². The zero-order valence-electron chi connectivity index (χ0n) is 20.1. The van der Waals surface area contributed by atoms with Gasteiger partial charge >= 0.3 is 5.97 Å². The van der Waals surface area contributed by atoms with Crippen LogP contribution in [0.3, 0.4) is 0 Å². The van der Waals surface area contributed by atoms with Gasteiger partial charge in [-0.1, -0.05) is 6.07 Å². The molecule has 4 rings (SSSR count). The van der Waals surface area contributed by atoms with Crippen molar-refractivity contribution in [1.29, 1.82) is 0 Å². The number of pyridine rings is 1. The monoisotopic (exact) mass is 411 g/mol. The van der Waals surface area contributed by atoms with Crippen LogP contribution < -0.4 is 9.80 Å². The van der Waals surface area contributed by atoms with E-state index in [0.29, 0.717) is 25.3 Å². The van der Waals surface area contributed by atoms with Crippen LogP contribution in [0.2, 0.25) is 0 Å². The molecule has 30 heavy (non-hydrogen) atoms. The lowest BCUT2D eigenvalue weighted by Crippen LogP contribution is -2.48. The van der Waals surface area contributed by atoms with Gasteiger partial charge < -0.3 is 14.5 Å². The maximum absolute atomic E-state index is 12.2. The van der Waals surface area contributed by atoms with E-state index >= 15 is 0 Å². The third-order valence-corrected chi connectivity index (χ3v) is 5.63. The Kier molecular flexibility index (Phi) is 4.95. The molecule has 0 saturated carbocycles. The van der Waals surface area contributed by atoms with Crippen LogP contribution in [-0.4, -0.2) is 68.1 Å². The number of aromatic nitrogens is 1. The molecule has 2 aliphatic heterocycles. The Morgan fingerprint density at radius 2 is 1.97 bits per heavy atom. The first-order valence-electron chi connectivity index (χ1n) is 11.8. The highest BCUT2D eigenvalue weighted by molar-refractivity contribution is 5.96. The number of anilines is 2. The van der Waals surface area contributed by atoms with Crippen molar-refractivity contribution in [1.82, 2.24) is 9.88 Å². The first-order chi connectivity index (χ1) is 15.8. The van der Waals surface area contributed by atoms with E-state index in [1.165, 1.54) is 0 Å². The molecule has 0 atom stereocenters. The Labute approximate surface area is 181 Å². The average molecular weight is 412 g/mol. The van der Waals surface area contributed by atoms with Crippen LogP contribution in [-0.2, 0) is 20.7 Å². The maximum Gasteiger partial charge on any atom is 0.320 e. The van der Waals surface area contributed by atoms with Gasteiger partial charge in [0.25, 0.3) is 0 Å². The first kappa shape index (κ1) is 16.8.